The molecule has 1 N–H and O–H groups in total. The van der Waals surface area contributed by atoms with Crippen LogP contribution in [-0.2, 0) is 4.74 Å². The first kappa shape index (κ1) is 28.7. The zero-order valence-corrected chi connectivity index (χ0v) is 24.8. The molecule has 0 spiro atoms. The van der Waals surface area contributed by atoms with Gasteiger partial charge in [-0.15, -0.1) is 0 Å². The van der Waals surface area contributed by atoms with Gasteiger partial charge in [-0.3, -0.25) is 9.78 Å². The summed E-state index contributed by atoms with van der Waals surface area (Å²) in [5.74, 6) is 1.54. The number of piperidine rings is 1. The molecule has 1 unspecified atom stereocenters. The summed E-state index contributed by atoms with van der Waals surface area (Å²) in [5.41, 5.74) is 4.32. The van der Waals surface area contributed by atoms with E-state index >= 15 is 0 Å². The number of pyridine rings is 1. The number of nitrogens with one attached hydrogen (secondary N) is 1. The highest BCUT2D eigenvalue weighted by Crippen LogP contribution is 2.38. The van der Waals surface area contributed by atoms with Crippen molar-refractivity contribution in [1.82, 2.24) is 15.2 Å². The second-order valence-corrected chi connectivity index (χ2v) is 11.7. The molecule has 2 fully saturated rings. The predicted octanol–water partition coefficient (Wildman–Crippen LogP) is 5.81. The second kappa shape index (κ2) is 12.1. The number of ether oxygens (including phenoxy) is 3. The van der Waals surface area contributed by atoms with Gasteiger partial charge in [0, 0.05) is 42.8 Å². The number of likely N-dealkylation sites (N-methyl/N-ethyl adjacent to an activating group) is 1. The van der Waals surface area contributed by atoms with Gasteiger partial charge in [0.15, 0.2) is 5.58 Å². The van der Waals surface area contributed by atoms with E-state index in [9.17, 15) is 10.1 Å². The highest BCUT2D eigenvalue weighted by atomic mass is 16.5. The van der Waals surface area contributed by atoms with Crippen molar-refractivity contribution < 1.29 is 23.4 Å². The summed E-state index contributed by atoms with van der Waals surface area (Å²) in [5, 5.41) is 13.1. The number of furan rings is 1. The molecule has 2 aromatic carbocycles. The van der Waals surface area contributed by atoms with Crippen molar-refractivity contribution in [3.05, 3.63) is 65.9 Å². The van der Waals surface area contributed by atoms with Gasteiger partial charge >= 0.3 is 0 Å². The van der Waals surface area contributed by atoms with E-state index in [2.05, 4.69) is 35.2 Å². The number of fused-ring (bicyclic) bond motifs is 1. The maximum Gasteiger partial charge on any atom is 0.251 e. The Morgan fingerprint density at radius 2 is 1.95 bits per heavy atom. The number of hydrogen-bond donors (Lipinski definition) is 1. The van der Waals surface area contributed by atoms with Crippen LogP contribution in [0.2, 0.25) is 0 Å². The number of methoxy groups -OCH3 is 1. The number of carbonyl (C=O) groups excluding carboxylic acids is 1. The average Bonchev–Trinajstić information content (AvgIpc) is 3.45. The molecule has 0 bridgehead atoms. The molecule has 0 radical (unpaired) electrons. The van der Waals surface area contributed by atoms with E-state index in [1.807, 2.05) is 36.4 Å². The molecule has 2 saturated heterocycles. The molecular weight excluding hydrogens is 544 g/mol. The summed E-state index contributed by atoms with van der Waals surface area (Å²) in [4.78, 5) is 20.0. The monoisotopic (exact) mass is 580 g/mol. The highest BCUT2D eigenvalue weighted by Gasteiger charge is 2.31. The van der Waals surface area contributed by atoms with Crippen molar-refractivity contribution in [3.8, 4) is 40.0 Å². The standard InChI is InChI=1S/C34H36N4O5/c1-34(12-4-14-38(2)21-34)37-33(39)23-5-7-27(30(18-23)40-3)31-19-28-32(43-31)26(9-13-36-28)22-6-8-29(24(17-22)20-35)42-25-10-15-41-16-11-25/h5-9,13,17-19,25H,4,10-12,14-16,21H2,1-3H3,(H,37,39). The first-order valence-electron chi connectivity index (χ1n) is 14.7. The third-order valence-corrected chi connectivity index (χ3v) is 8.32. The van der Waals surface area contributed by atoms with Gasteiger partial charge in [-0.2, -0.15) is 5.26 Å². The number of nitriles is 1. The summed E-state index contributed by atoms with van der Waals surface area (Å²) < 4.78 is 23.7. The largest absolute Gasteiger partial charge is 0.496 e. The van der Waals surface area contributed by atoms with Crippen LogP contribution in [0.1, 0.15) is 48.5 Å². The topological polar surface area (TPSA) is 110 Å². The minimum Gasteiger partial charge on any atom is -0.496 e. The number of amides is 1. The lowest BCUT2D eigenvalue weighted by molar-refractivity contribution is 0.0254. The van der Waals surface area contributed by atoms with Gasteiger partial charge < -0.3 is 28.8 Å². The molecule has 9 nitrogen and oxygen atoms in total. The van der Waals surface area contributed by atoms with Crippen LogP contribution in [0.3, 0.4) is 0 Å². The number of carbonyl (C=O) groups is 1. The molecule has 222 valence electrons. The quantitative estimate of drug-likeness (QED) is 0.292. The number of rotatable bonds is 7. The van der Waals surface area contributed by atoms with E-state index < -0.39 is 0 Å². The van der Waals surface area contributed by atoms with Gasteiger partial charge in [0.2, 0.25) is 0 Å². The minimum atomic E-state index is -0.280. The third-order valence-electron chi connectivity index (χ3n) is 8.32. The Bertz CT molecular complexity index is 1690. The van der Waals surface area contributed by atoms with Gasteiger partial charge in [-0.25, -0.2) is 0 Å². The Morgan fingerprint density at radius 1 is 1.12 bits per heavy atom. The molecule has 6 rings (SSSR count). The van der Waals surface area contributed by atoms with E-state index in [1.165, 1.54) is 0 Å². The van der Waals surface area contributed by atoms with E-state index in [4.69, 9.17) is 18.6 Å². The molecule has 0 aliphatic carbocycles. The lowest BCUT2D eigenvalue weighted by Crippen LogP contribution is -2.55. The first-order valence-corrected chi connectivity index (χ1v) is 14.7. The lowest BCUT2D eigenvalue weighted by atomic mass is 9.91. The van der Waals surface area contributed by atoms with E-state index in [1.54, 1.807) is 25.4 Å². The van der Waals surface area contributed by atoms with Gasteiger partial charge in [0.1, 0.15) is 34.9 Å². The fraction of sp³-hybridized carbons (Fsp3) is 0.382. The van der Waals surface area contributed by atoms with Gasteiger partial charge in [0.05, 0.1) is 37.0 Å². The second-order valence-electron chi connectivity index (χ2n) is 11.7. The predicted molar refractivity (Wildman–Crippen MR) is 163 cm³/mol. The number of aromatic nitrogens is 1. The van der Waals surface area contributed by atoms with Gasteiger partial charge in [0.25, 0.3) is 5.91 Å². The number of benzene rings is 2. The Morgan fingerprint density at radius 3 is 2.72 bits per heavy atom. The van der Waals surface area contributed by atoms with E-state index in [0.717, 1.165) is 49.9 Å². The average molecular weight is 581 g/mol. The SMILES string of the molecule is COc1cc(C(=O)NC2(C)CCCN(C)C2)ccc1-c1cc2nccc(-c3ccc(OC4CCOCC4)c(C#N)c3)c2o1. The number of hydrogen-bond acceptors (Lipinski definition) is 8. The smallest absolute Gasteiger partial charge is 0.251 e. The van der Waals surface area contributed by atoms with Crippen molar-refractivity contribution in [2.75, 3.05) is 40.5 Å². The van der Waals surface area contributed by atoms with Gasteiger partial charge in [-0.1, -0.05) is 6.07 Å². The van der Waals surface area contributed by atoms with Crippen LogP contribution in [-0.4, -0.2) is 67.9 Å². The van der Waals surface area contributed by atoms with Crippen LogP contribution < -0.4 is 14.8 Å². The zero-order valence-electron chi connectivity index (χ0n) is 24.8. The van der Waals surface area contributed by atoms with Crippen molar-refractivity contribution in [2.24, 2.45) is 0 Å². The Labute approximate surface area is 251 Å². The zero-order chi connectivity index (χ0) is 30.0. The summed E-state index contributed by atoms with van der Waals surface area (Å²) in [6, 6.07) is 17.0. The molecule has 2 aliphatic heterocycles. The van der Waals surface area contributed by atoms with Crippen LogP contribution in [0, 0.1) is 11.3 Å². The van der Waals surface area contributed by atoms with Crippen LogP contribution >= 0.6 is 0 Å². The Kier molecular flexibility index (Phi) is 8.06. The van der Waals surface area contributed by atoms with Crippen molar-refractivity contribution in [1.29, 1.82) is 5.26 Å². The molecule has 9 heteroatoms. The first-order chi connectivity index (χ1) is 20.9. The molecule has 0 saturated carbocycles. The summed E-state index contributed by atoms with van der Waals surface area (Å²) in [7, 11) is 3.66. The molecule has 2 aromatic heterocycles. The van der Waals surface area contributed by atoms with Crippen molar-refractivity contribution >= 4 is 17.0 Å². The van der Waals surface area contributed by atoms with Crippen LogP contribution in [0.15, 0.2) is 59.1 Å². The van der Waals surface area contributed by atoms with Crippen molar-refractivity contribution in [3.63, 3.8) is 0 Å². The molecule has 43 heavy (non-hydrogen) atoms. The highest BCUT2D eigenvalue weighted by molar-refractivity contribution is 5.97. The third kappa shape index (κ3) is 6.07. The number of likely N-dealkylation sites (tertiary alicyclic amines) is 1. The fourth-order valence-electron chi connectivity index (χ4n) is 6.14. The molecule has 4 heterocycles. The maximum absolute atomic E-state index is 13.2. The Hall–Kier alpha value is -4.39. The normalized spacial score (nSPS) is 19.6. The summed E-state index contributed by atoms with van der Waals surface area (Å²) in [6.45, 7) is 5.27. The van der Waals surface area contributed by atoms with Crippen LogP contribution in [0.25, 0.3) is 33.6 Å². The molecule has 2 aliphatic rings. The van der Waals surface area contributed by atoms with Crippen molar-refractivity contribution in [2.45, 2.75) is 44.2 Å². The maximum atomic E-state index is 13.2. The van der Waals surface area contributed by atoms with E-state index in [0.29, 0.717) is 58.3 Å². The summed E-state index contributed by atoms with van der Waals surface area (Å²) >= 11 is 0. The fourth-order valence-corrected chi connectivity index (χ4v) is 6.14. The number of nitrogens with zero attached hydrogens (tertiary/aromatic N) is 3. The van der Waals surface area contributed by atoms with Crippen LogP contribution in [0.4, 0.5) is 0 Å². The molecular formula is C34H36N4O5. The molecule has 4 aromatic rings. The molecule has 1 amide bonds. The summed E-state index contributed by atoms with van der Waals surface area (Å²) in [6.07, 6.45) is 5.36. The Balaban J connectivity index is 1.28. The minimum absolute atomic E-state index is 0.0384. The van der Waals surface area contributed by atoms with E-state index in [-0.39, 0.29) is 17.6 Å². The lowest BCUT2D eigenvalue weighted by Gasteiger charge is -2.39. The van der Waals surface area contributed by atoms with Crippen LogP contribution in [0.5, 0.6) is 11.5 Å². The molecule has 1 atom stereocenters. The van der Waals surface area contributed by atoms with Gasteiger partial charge in [-0.05, 0) is 75.3 Å².